The van der Waals surface area contributed by atoms with Gasteiger partial charge in [0.15, 0.2) is 0 Å². The maximum absolute atomic E-state index is 13.8. The van der Waals surface area contributed by atoms with Crippen molar-refractivity contribution < 1.29 is 26.7 Å². The van der Waals surface area contributed by atoms with Gasteiger partial charge in [0.1, 0.15) is 11.6 Å². The lowest BCUT2D eigenvalue weighted by atomic mass is 9.89. The molecule has 1 nitrogen and oxygen atoms in total. The summed E-state index contributed by atoms with van der Waals surface area (Å²) in [4.78, 5) is 0. The Hall–Kier alpha value is -1.43. The molecule has 1 fully saturated rings. The molecule has 0 radical (unpaired) electrons. The van der Waals surface area contributed by atoms with Crippen molar-refractivity contribution in [2.75, 3.05) is 0 Å². The number of hydrogen-bond donors (Lipinski definition) is 0. The molecule has 128 valence electrons. The van der Waals surface area contributed by atoms with Gasteiger partial charge in [-0.05, 0) is 55.4 Å². The summed E-state index contributed by atoms with van der Waals surface area (Å²) in [7, 11) is 0. The third kappa shape index (κ3) is 5.61. The highest BCUT2D eigenvalue weighted by Crippen LogP contribution is 2.27. The van der Waals surface area contributed by atoms with E-state index in [0.29, 0.717) is 12.0 Å². The Morgan fingerprint density at radius 3 is 2.17 bits per heavy atom. The highest BCUT2D eigenvalue weighted by atomic mass is 19.4. The smallest absolute Gasteiger partial charge is 0.374 e. The topological polar surface area (TPSA) is 9.23 Å². The molecule has 6 heteroatoms. The van der Waals surface area contributed by atoms with Crippen LogP contribution in [0.2, 0.25) is 0 Å². The van der Waals surface area contributed by atoms with Crippen LogP contribution < -0.4 is 0 Å². The first kappa shape index (κ1) is 17.9. The second-order valence-electron chi connectivity index (χ2n) is 6.04. The average Bonchev–Trinajstić information content (AvgIpc) is 2.44. The molecule has 0 saturated heterocycles. The SMILES string of the molecule is CC1CCC(OCc2cc(F)c(/C=C/C(F)(F)F)c(F)c2)CC1. The van der Waals surface area contributed by atoms with Crippen LogP contribution in [0.25, 0.3) is 6.08 Å². The summed E-state index contributed by atoms with van der Waals surface area (Å²) >= 11 is 0. The Morgan fingerprint density at radius 2 is 1.65 bits per heavy atom. The zero-order valence-corrected chi connectivity index (χ0v) is 12.8. The predicted octanol–water partition coefficient (Wildman–Crippen LogP) is 5.64. The van der Waals surface area contributed by atoms with Crippen LogP contribution >= 0.6 is 0 Å². The molecular formula is C17H19F5O. The molecule has 1 aliphatic rings. The van der Waals surface area contributed by atoms with Crippen molar-refractivity contribution in [3.8, 4) is 0 Å². The lowest BCUT2D eigenvalue weighted by Crippen LogP contribution is -2.20. The Morgan fingerprint density at radius 1 is 1.09 bits per heavy atom. The number of hydrogen-bond acceptors (Lipinski definition) is 1. The molecule has 0 spiro atoms. The molecule has 0 amide bonds. The van der Waals surface area contributed by atoms with E-state index < -0.39 is 23.4 Å². The van der Waals surface area contributed by atoms with E-state index in [-0.39, 0.29) is 24.4 Å². The van der Waals surface area contributed by atoms with Gasteiger partial charge in [-0.25, -0.2) is 8.78 Å². The summed E-state index contributed by atoms with van der Waals surface area (Å²) in [5, 5.41) is 0. The van der Waals surface area contributed by atoms with Gasteiger partial charge in [0.05, 0.1) is 12.7 Å². The quantitative estimate of drug-likeness (QED) is 0.648. The number of halogens is 5. The summed E-state index contributed by atoms with van der Waals surface area (Å²) in [6.45, 7) is 2.23. The number of alkyl halides is 3. The molecule has 1 aromatic rings. The molecule has 0 atom stereocenters. The van der Waals surface area contributed by atoms with Crippen molar-refractivity contribution in [1.82, 2.24) is 0 Å². The standard InChI is InChI=1S/C17H19F5O/c1-11-2-4-13(5-3-11)23-10-12-8-15(18)14(16(19)9-12)6-7-17(20,21)22/h6-9,11,13H,2-5,10H2,1H3/b7-6+. The van der Waals surface area contributed by atoms with Crippen molar-refractivity contribution in [3.63, 3.8) is 0 Å². The van der Waals surface area contributed by atoms with E-state index in [1.807, 2.05) is 0 Å². The van der Waals surface area contributed by atoms with E-state index in [4.69, 9.17) is 4.74 Å². The van der Waals surface area contributed by atoms with E-state index >= 15 is 0 Å². The molecule has 1 aromatic carbocycles. The fraction of sp³-hybridized carbons (Fsp3) is 0.529. The minimum atomic E-state index is -4.61. The van der Waals surface area contributed by atoms with Crippen LogP contribution in [0.15, 0.2) is 18.2 Å². The summed E-state index contributed by atoms with van der Waals surface area (Å²) in [6.07, 6.45) is -0.368. The number of rotatable bonds is 4. The molecule has 23 heavy (non-hydrogen) atoms. The van der Waals surface area contributed by atoms with Crippen molar-refractivity contribution in [2.45, 2.75) is 51.5 Å². The number of ether oxygens (including phenoxy) is 1. The van der Waals surface area contributed by atoms with Crippen molar-refractivity contribution in [2.24, 2.45) is 5.92 Å². The Balaban J connectivity index is 2.00. The Labute approximate surface area is 132 Å². The number of benzene rings is 1. The average molecular weight is 334 g/mol. The molecule has 0 heterocycles. The predicted molar refractivity (Wildman–Crippen MR) is 77.7 cm³/mol. The second-order valence-corrected chi connectivity index (χ2v) is 6.04. The van der Waals surface area contributed by atoms with E-state index in [1.54, 1.807) is 0 Å². The lowest BCUT2D eigenvalue weighted by molar-refractivity contribution is -0.0790. The van der Waals surface area contributed by atoms with Crippen LogP contribution in [0.4, 0.5) is 22.0 Å². The Bertz CT molecular complexity index is 534. The van der Waals surface area contributed by atoms with Crippen LogP contribution in [-0.4, -0.2) is 12.3 Å². The summed E-state index contributed by atoms with van der Waals surface area (Å²) < 4.78 is 69.5. The molecule has 0 aliphatic heterocycles. The molecular weight excluding hydrogens is 315 g/mol. The van der Waals surface area contributed by atoms with Gasteiger partial charge in [-0.2, -0.15) is 13.2 Å². The number of allylic oxidation sites excluding steroid dienone is 1. The van der Waals surface area contributed by atoms with Gasteiger partial charge >= 0.3 is 6.18 Å². The molecule has 0 aromatic heterocycles. The van der Waals surface area contributed by atoms with Crippen molar-refractivity contribution in [1.29, 1.82) is 0 Å². The van der Waals surface area contributed by atoms with Gasteiger partial charge in [0, 0.05) is 11.6 Å². The van der Waals surface area contributed by atoms with E-state index in [9.17, 15) is 22.0 Å². The minimum absolute atomic E-state index is 0.0517. The largest absolute Gasteiger partial charge is 0.409 e. The highest BCUT2D eigenvalue weighted by molar-refractivity contribution is 5.52. The molecule has 1 saturated carbocycles. The van der Waals surface area contributed by atoms with Gasteiger partial charge in [-0.15, -0.1) is 0 Å². The maximum atomic E-state index is 13.8. The first-order valence-corrected chi connectivity index (χ1v) is 7.60. The van der Waals surface area contributed by atoms with Gasteiger partial charge in [0.25, 0.3) is 0 Å². The fourth-order valence-electron chi connectivity index (χ4n) is 2.67. The molecule has 1 aliphatic carbocycles. The first-order chi connectivity index (χ1) is 10.7. The minimum Gasteiger partial charge on any atom is -0.374 e. The van der Waals surface area contributed by atoms with Crippen LogP contribution in [0.5, 0.6) is 0 Å². The summed E-state index contributed by atoms with van der Waals surface area (Å²) in [6, 6.07) is 2.04. The zero-order valence-electron chi connectivity index (χ0n) is 12.8. The zero-order chi connectivity index (χ0) is 17.0. The maximum Gasteiger partial charge on any atom is 0.409 e. The normalized spacial score (nSPS) is 22.7. The molecule has 0 N–H and O–H groups in total. The van der Waals surface area contributed by atoms with Gasteiger partial charge in [0.2, 0.25) is 0 Å². The Kier molecular flexibility index (Phi) is 5.79. The first-order valence-electron chi connectivity index (χ1n) is 7.60. The van der Waals surface area contributed by atoms with Crippen LogP contribution in [0.1, 0.15) is 43.7 Å². The molecule has 0 unspecified atom stereocenters. The van der Waals surface area contributed by atoms with Gasteiger partial charge < -0.3 is 4.74 Å². The molecule has 2 rings (SSSR count). The molecule has 0 bridgehead atoms. The van der Waals surface area contributed by atoms with Gasteiger partial charge in [-0.3, -0.25) is 0 Å². The fourth-order valence-corrected chi connectivity index (χ4v) is 2.67. The monoisotopic (exact) mass is 334 g/mol. The summed E-state index contributed by atoms with van der Waals surface area (Å²) in [5.41, 5.74) is -0.416. The van der Waals surface area contributed by atoms with Crippen LogP contribution in [-0.2, 0) is 11.3 Å². The third-order valence-electron chi connectivity index (χ3n) is 4.03. The van der Waals surface area contributed by atoms with Crippen LogP contribution in [0, 0.1) is 17.6 Å². The van der Waals surface area contributed by atoms with Crippen molar-refractivity contribution >= 4 is 6.08 Å². The lowest BCUT2D eigenvalue weighted by Gasteiger charge is -2.26. The van der Waals surface area contributed by atoms with E-state index in [1.165, 1.54) is 0 Å². The van der Waals surface area contributed by atoms with E-state index in [2.05, 4.69) is 6.92 Å². The highest BCUT2D eigenvalue weighted by Gasteiger charge is 2.23. The van der Waals surface area contributed by atoms with Gasteiger partial charge in [-0.1, -0.05) is 6.92 Å². The van der Waals surface area contributed by atoms with Crippen LogP contribution in [0.3, 0.4) is 0 Å². The van der Waals surface area contributed by atoms with Crippen molar-refractivity contribution in [3.05, 3.63) is 41.0 Å². The van der Waals surface area contributed by atoms with E-state index in [0.717, 1.165) is 37.8 Å². The summed E-state index contributed by atoms with van der Waals surface area (Å²) in [5.74, 6) is -1.38. The second kappa shape index (κ2) is 7.43. The third-order valence-corrected chi connectivity index (χ3v) is 4.03.